The number of rotatable bonds is 5. The van der Waals surface area contributed by atoms with Gasteiger partial charge in [0.15, 0.2) is 0 Å². The Bertz CT molecular complexity index is 847. The molecular formula is C17H15N3O3. The maximum atomic E-state index is 11.2. The lowest BCUT2D eigenvalue weighted by Gasteiger charge is -2.10. The maximum Gasteiger partial charge on any atom is 0.374 e. The van der Waals surface area contributed by atoms with E-state index in [-0.39, 0.29) is 5.82 Å². The lowest BCUT2D eigenvalue weighted by Crippen LogP contribution is -2.09. The summed E-state index contributed by atoms with van der Waals surface area (Å²) < 4.78 is 5.13. The van der Waals surface area contributed by atoms with Crippen LogP contribution in [-0.2, 0) is 6.54 Å². The van der Waals surface area contributed by atoms with Crippen LogP contribution in [0.5, 0.6) is 5.75 Å². The summed E-state index contributed by atoms with van der Waals surface area (Å²) in [5.41, 5.74) is 1.63. The van der Waals surface area contributed by atoms with Gasteiger partial charge in [0.1, 0.15) is 11.6 Å². The molecule has 0 atom stereocenters. The molecule has 0 spiro atoms. The zero-order valence-electron chi connectivity index (χ0n) is 12.5. The summed E-state index contributed by atoms with van der Waals surface area (Å²) in [6.07, 6.45) is 0. The van der Waals surface area contributed by atoms with Gasteiger partial charge in [0, 0.05) is 11.9 Å². The number of carbonyl (C=O) groups is 1. The lowest BCUT2D eigenvalue weighted by molar-refractivity contribution is 0.0684. The Morgan fingerprint density at radius 2 is 1.87 bits per heavy atom. The van der Waals surface area contributed by atoms with Crippen LogP contribution in [0.2, 0.25) is 0 Å². The maximum absolute atomic E-state index is 11.2. The quantitative estimate of drug-likeness (QED) is 0.754. The number of nitrogens with one attached hydrogen (secondary N) is 1. The fourth-order valence-corrected chi connectivity index (χ4v) is 2.24. The van der Waals surface area contributed by atoms with Crippen molar-refractivity contribution in [2.45, 2.75) is 6.54 Å². The Morgan fingerprint density at radius 1 is 1.13 bits per heavy atom. The average Bonchev–Trinajstić information content (AvgIpc) is 2.59. The van der Waals surface area contributed by atoms with E-state index in [9.17, 15) is 4.79 Å². The Kier molecular flexibility index (Phi) is 4.05. The Labute approximate surface area is 132 Å². The Hall–Kier alpha value is -3.15. The highest BCUT2D eigenvalue weighted by Gasteiger charge is 2.12. The third kappa shape index (κ3) is 3.21. The van der Waals surface area contributed by atoms with Gasteiger partial charge in [0.05, 0.1) is 12.6 Å². The zero-order valence-corrected chi connectivity index (χ0v) is 12.5. The number of aromatic nitrogens is 2. The molecule has 23 heavy (non-hydrogen) atoms. The summed E-state index contributed by atoms with van der Waals surface area (Å²) in [4.78, 5) is 19.3. The second kappa shape index (κ2) is 6.31. The molecule has 0 aliphatic rings. The number of anilines is 1. The van der Waals surface area contributed by atoms with E-state index in [1.54, 1.807) is 13.2 Å². The first-order valence-electron chi connectivity index (χ1n) is 7.04. The smallest absolute Gasteiger partial charge is 0.374 e. The van der Waals surface area contributed by atoms with Crippen LogP contribution in [0.25, 0.3) is 10.9 Å². The van der Waals surface area contributed by atoms with Gasteiger partial charge in [0.2, 0.25) is 5.82 Å². The van der Waals surface area contributed by atoms with Crippen molar-refractivity contribution < 1.29 is 14.6 Å². The van der Waals surface area contributed by atoms with E-state index < -0.39 is 5.97 Å². The molecule has 0 radical (unpaired) electrons. The topological polar surface area (TPSA) is 84.3 Å². The first-order chi connectivity index (χ1) is 11.2. The first kappa shape index (κ1) is 14.8. The van der Waals surface area contributed by atoms with Crippen LogP contribution in [-0.4, -0.2) is 28.2 Å². The van der Waals surface area contributed by atoms with Crippen LogP contribution in [0.1, 0.15) is 16.2 Å². The number of hydrogen-bond donors (Lipinski definition) is 2. The molecule has 6 heteroatoms. The molecule has 0 unspecified atom stereocenters. The number of hydrogen-bond acceptors (Lipinski definition) is 5. The second-order valence-corrected chi connectivity index (χ2v) is 4.92. The monoisotopic (exact) mass is 309 g/mol. The molecule has 1 heterocycles. The summed E-state index contributed by atoms with van der Waals surface area (Å²) >= 11 is 0. The SMILES string of the molecule is COc1ccc(CNc2nc(C(=O)O)nc3ccccc23)cc1. The number of ether oxygens (including phenoxy) is 1. The number of aromatic carboxylic acids is 1. The molecule has 1 aromatic heterocycles. The van der Waals surface area contributed by atoms with Crippen LogP contribution < -0.4 is 10.1 Å². The van der Waals surface area contributed by atoms with Gasteiger partial charge in [0.25, 0.3) is 0 Å². The van der Waals surface area contributed by atoms with Crippen molar-refractivity contribution in [3.63, 3.8) is 0 Å². The van der Waals surface area contributed by atoms with Crippen LogP contribution in [0.15, 0.2) is 48.5 Å². The average molecular weight is 309 g/mol. The zero-order chi connectivity index (χ0) is 16.2. The highest BCUT2D eigenvalue weighted by molar-refractivity contribution is 5.93. The third-order valence-electron chi connectivity index (χ3n) is 3.41. The molecule has 3 rings (SSSR count). The predicted octanol–water partition coefficient (Wildman–Crippen LogP) is 2.95. The number of carboxylic acids is 1. The molecule has 0 bridgehead atoms. The molecule has 0 saturated carbocycles. The van der Waals surface area contributed by atoms with E-state index >= 15 is 0 Å². The van der Waals surface area contributed by atoms with Gasteiger partial charge in [-0.2, -0.15) is 0 Å². The highest BCUT2D eigenvalue weighted by Crippen LogP contribution is 2.21. The number of para-hydroxylation sites is 1. The van der Waals surface area contributed by atoms with E-state index in [1.165, 1.54) is 0 Å². The number of nitrogens with zero attached hydrogens (tertiary/aromatic N) is 2. The molecule has 0 amide bonds. The van der Waals surface area contributed by atoms with Crippen molar-refractivity contribution in [3.8, 4) is 5.75 Å². The first-order valence-corrected chi connectivity index (χ1v) is 7.04. The number of benzene rings is 2. The number of carboxylic acid groups (broad SMARTS) is 1. The van der Waals surface area contributed by atoms with Gasteiger partial charge in [-0.15, -0.1) is 0 Å². The molecule has 2 aromatic carbocycles. The molecule has 116 valence electrons. The van der Waals surface area contributed by atoms with E-state index in [4.69, 9.17) is 9.84 Å². The van der Waals surface area contributed by atoms with Crippen LogP contribution in [0.3, 0.4) is 0 Å². The minimum absolute atomic E-state index is 0.221. The predicted molar refractivity (Wildman–Crippen MR) is 86.8 cm³/mol. The Morgan fingerprint density at radius 3 is 2.57 bits per heavy atom. The lowest BCUT2D eigenvalue weighted by atomic mass is 10.2. The molecule has 0 saturated heterocycles. The number of methoxy groups -OCH3 is 1. The molecule has 0 aliphatic heterocycles. The van der Waals surface area contributed by atoms with Gasteiger partial charge < -0.3 is 15.2 Å². The summed E-state index contributed by atoms with van der Waals surface area (Å²) in [6.45, 7) is 0.518. The van der Waals surface area contributed by atoms with Crippen LogP contribution >= 0.6 is 0 Å². The molecule has 0 aliphatic carbocycles. The van der Waals surface area contributed by atoms with E-state index in [0.29, 0.717) is 17.9 Å². The van der Waals surface area contributed by atoms with Gasteiger partial charge in [-0.05, 0) is 29.8 Å². The Balaban J connectivity index is 1.90. The molecular weight excluding hydrogens is 294 g/mol. The van der Waals surface area contributed by atoms with E-state index in [2.05, 4.69) is 15.3 Å². The summed E-state index contributed by atoms with van der Waals surface area (Å²) in [5.74, 6) is -0.0811. The van der Waals surface area contributed by atoms with Crippen molar-refractivity contribution in [2.75, 3.05) is 12.4 Å². The van der Waals surface area contributed by atoms with Gasteiger partial charge >= 0.3 is 5.97 Å². The van der Waals surface area contributed by atoms with Crippen LogP contribution in [0, 0.1) is 0 Å². The van der Waals surface area contributed by atoms with Crippen molar-refractivity contribution in [1.29, 1.82) is 0 Å². The van der Waals surface area contributed by atoms with Crippen molar-refractivity contribution in [3.05, 3.63) is 59.9 Å². The number of fused-ring (bicyclic) bond motifs is 1. The summed E-state index contributed by atoms with van der Waals surface area (Å²) in [6, 6.07) is 14.9. The van der Waals surface area contributed by atoms with Gasteiger partial charge in [-0.1, -0.05) is 24.3 Å². The van der Waals surface area contributed by atoms with Crippen molar-refractivity contribution in [1.82, 2.24) is 9.97 Å². The van der Waals surface area contributed by atoms with E-state index in [0.717, 1.165) is 16.7 Å². The fraction of sp³-hybridized carbons (Fsp3) is 0.118. The van der Waals surface area contributed by atoms with Gasteiger partial charge in [-0.25, -0.2) is 14.8 Å². The summed E-state index contributed by atoms with van der Waals surface area (Å²) in [5, 5.41) is 13.1. The van der Waals surface area contributed by atoms with Gasteiger partial charge in [-0.3, -0.25) is 0 Å². The van der Waals surface area contributed by atoms with Crippen LogP contribution in [0.4, 0.5) is 5.82 Å². The fourth-order valence-electron chi connectivity index (χ4n) is 2.24. The van der Waals surface area contributed by atoms with Crippen molar-refractivity contribution in [2.24, 2.45) is 0 Å². The standard InChI is InChI=1S/C17H15N3O3/c1-23-12-8-6-11(7-9-12)10-18-15-13-4-2-3-5-14(13)19-16(20-15)17(21)22/h2-9H,10H2,1H3,(H,21,22)(H,18,19,20). The second-order valence-electron chi connectivity index (χ2n) is 4.92. The highest BCUT2D eigenvalue weighted by atomic mass is 16.5. The third-order valence-corrected chi connectivity index (χ3v) is 3.41. The molecule has 2 N–H and O–H groups in total. The molecule has 0 fully saturated rings. The van der Waals surface area contributed by atoms with E-state index in [1.807, 2.05) is 42.5 Å². The minimum atomic E-state index is -1.15. The molecule has 6 nitrogen and oxygen atoms in total. The molecule has 3 aromatic rings. The normalized spacial score (nSPS) is 10.5. The minimum Gasteiger partial charge on any atom is -0.497 e. The largest absolute Gasteiger partial charge is 0.497 e. The summed E-state index contributed by atoms with van der Waals surface area (Å²) in [7, 11) is 1.62. The van der Waals surface area contributed by atoms with Crippen molar-refractivity contribution >= 4 is 22.7 Å².